The Morgan fingerprint density at radius 2 is 1.56 bits per heavy atom. The van der Waals surface area contributed by atoms with Gasteiger partial charge in [-0.1, -0.05) is 42.0 Å². The van der Waals surface area contributed by atoms with Crippen molar-refractivity contribution in [3.63, 3.8) is 0 Å². The molecule has 0 saturated heterocycles. The molecule has 0 heterocycles. The van der Waals surface area contributed by atoms with Crippen molar-refractivity contribution in [2.24, 2.45) is 0 Å². The van der Waals surface area contributed by atoms with Crippen molar-refractivity contribution >= 4 is 27.5 Å². The number of carbonyl (C=O) groups is 2. The van der Waals surface area contributed by atoms with Crippen LogP contribution in [0.4, 0.5) is 10.1 Å². The Bertz CT molecular complexity index is 1390. The number of nitrogens with one attached hydrogen (secondary N) is 1. The average Bonchev–Trinajstić information content (AvgIpc) is 2.90. The lowest BCUT2D eigenvalue weighted by Crippen LogP contribution is -2.52. The second-order valence-corrected chi connectivity index (χ2v) is 11.3. The highest BCUT2D eigenvalue weighted by Gasteiger charge is 2.33. The van der Waals surface area contributed by atoms with Gasteiger partial charge in [0.2, 0.25) is 11.8 Å². The summed E-state index contributed by atoms with van der Waals surface area (Å²) in [5.74, 6) is -1.19. The molecule has 0 spiro atoms. The van der Waals surface area contributed by atoms with Crippen LogP contribution < -0.4 is 14.4 Å². The van der Waals surface area contributed by atoms with E-state index in [-0.39, 0.29) is 28.9 Å². The summed E-state index contributed by atoms with van der Waals surface area (Å²) in [6.45, 7) is 6.38. The normalized spacial score (nSPS) is 12.1. The molecule has 0 aliphatic rings. The third-order valence-corrected chi connectivity index (χ3v) is 7.88. The van der Waals surface area contributed by atoms with Gasteiger partial charge < -0.3 is 15.0 Å². The minimum atomic E-state index is -4.22. The van der Waals surface area contributed by atoms with Gasteiger partial charge in [-0.15, -0.1) is 0 Å². The van der Waals surface area contributed by atoms with E-state index in [0.717, 1.165) is 9.87 Å². The number of rotatable bonds is 11. The number of halogens is 1. The molecule has 0 fully saturated rings. The van der Waals surface area contributed by atoms with Crippen molar-refractivity contribution in [3.8, 4) is 5.75 Å². The summed E-state index contributed by atoms with van der Waals surface area (Å²) < 4.78 is 47.7. The van der Waals surface area contributed by atoms with E-state index in [2.05, 4.69) is 5.32 Å². The van der Waals surface area contributed by atoms with E-state index in [1.165, 1.54) is 48.4 Å². The van der Waals surface area contributed by atoms with Crippen LogP contribution in [-0.2, 0) is 26.2 Å². The quantitative estimate of drug-likeness (QED) is 0.381. The van der Waals surface area contributed by atoms with E-state index in [9.17, 15) is 22.4 Å². The zero-order valence-electron chi connectivity index (χ0n) is 22.7. The molecule has 0 saturated carbocycles. The Labute approximate surface area is 229 Å². The Hall–Kier alpha value is -3.92. The third-order valence-electron chi connectivity index (χ3n) is 6.11. The number of methoxy groups -OCH3 is 1. The van der Waals surface area contributed by atoms with Crippen LogP contribution in [0.3, 0.4) is 0 Å². The van der Waals surface area contributed by atoms with Crippen molar-refractivity contribution in [2.45, 2.75) is 51.2 Å². The number of hydrogen-bond acceptors (Lipinski definition) is 5. The number of carbonyl (C=O) groups excluding carboxylic acids is 2. The van der Waals surface area contributed by atoms with Gasteiger partial charge in [-0.05, 0) is 69.7 Å². The summed E-state index contributed by atoms with van der Waals surface area (Å²) in [6.07, 6.45) is 0. The van der Waals surface area contributed by atoms with Crippen LogP contribution in [0.25, 0.3) is 0 Å². The lowest BCUT2D eigenvalue weighted by atomic mass is 10.1. The molecule has 1 unspecified atom stereocenters. The van der Waals surface area contributed by atoms with Gasteiger partial charge in [0.05, 0.1) is 17.7 Å². The number of benzene rings is 3. The van der Waals surface area contributed by atoms with Gasteiger partial charge >= 0.3 is 0 Å². The molecule has 39 heavy (non-hydrogen) atoms. The number of anilines is 1. The van der Waals surface area contributed by atoms with Crippen LogP contribution >= 0.6 is 0 Å². The zero-order chi connectivity index (χ0) is 28.7. The van der Waals surface area contributed by atoms with E-state index >= 15 is 0 Å². The summed E-state index contributed by atoms with van der Waals surface area (Å²) in [6, 6.07) is 17.3. The maximum Gasteiger partial charge on any atom is 0.264 e. The second kappa shape index (κ2) is 12.8. The number of nitrogens with zero attached hydrogens (tertiary/aromatic N) is 2. The van der Waals surface area contributed by atoms with Crippen LogP contribution in [-0.4, -0.2) is 50.9 Å². The maximum atomic E-state index is 13.9. The van der Waals surface area contributed by atoms with Crippen LogP contribution in [0.15, 0.2) is 77.7 Å². The van der Waals surface area contributed by atoms with Crippen molar-refractivity contribution in [2.75, 3.05) is 18.0 Å². The fraction of sp³-hybridized carbons (Fsp3) is 0.310. The molecule has 3 aromatic rings. The molecule has 0 aliphatic carbocycles. The minimum Gasteiger partial charge on any atom is -0.495 e. The fourth-order valence-corrected chi connectivity index (χ4v) is 5.39. The number of para-hydroxylation sites is 2. The van der Waals surface area contributed by atoms with E-state index in [1.54, 1.807) is 57.2 Å². The summed E-state index contributed by atoms with van der Waals surface area (Å²) in [5, 5.41) is 2.79. The van der Waals surface area contributed by atoms with Crippen molar-refractivity contribution in [1.82, 2.24) is 10.2 Å². The number of sulfonamides is 1. The van der Waals surface area contributed by atoms with Gasteiger partial charge in [0.25, 0.3) is 10.0 Å². The van der Waals surface area contributed by atoms with Crippen molar-refractivity contribution < 1.29 is 27.1 Å². The first-order chi connectivity index (χ1) is 18.4. The largest absolute Gasteiger partial charge is 0.495 e. The highest BCUT2D eigenvalue weighted by molar-refractivity contribution is 7.92. The molecule has 1 atom stereocenters. The highest BCUT2D eigenvalue weighted by atomic mass is 32.2. The van der Waals surface area contributed by atoms with Crippen LogP contribution in [0, 0.1) is 12.7 Å². The third kappa shape index (κ3) is 7.35. The summed E-state index contributed by atoms with van der Waals surface area (Å²) in [7, 11) is -2.81. The topological polar surface area (TPSA) is 96.0 Å². The van der Waals surface area contributed by atoms with Crippen LogP contribution in [0.5, 0.6) is 5.75 Å². The molecule has 8 nitrogen and oxygen atoms in total. The SMILES string of the molecule is COc1ccccc1N(CC(=O)N(Cc1ccc(F)cc1)C(C)C(=O)NC(C)C)S(=O)(=O)c1ccc(C)cc1. The molecule has 1 N–H and O–H groups in total. The summed E-state index contributed by atoms with van der Waals surface area (Å²) >= 11 is 0. The summed E-state index contributed by atoms with van der Waals surface area (Å²) in [5.41, 5.74) is 1.64. The number of ether oxygens (including phenoxy) is 1. The Morgan fingerprint density at radius 3 is 2.15 bits per heavy atom. The van der Waals surface area contributed by atoms with Gasteiger partial charge in [0, 0.05) is 12.6 Å². The molecular weight excluding hydrogens is 521 g/mol. The molecule has 3 rings (SSSR count). The number of aryl methyl sites for hydroxylation is 1. The molecular formula is C29H34FN3O5S. The molecule has 0 aromatic heterocycles. The van der Waals surface area contributed by atoms with Crippen molar-refractivity contribution in [1.29, 1.82) is 0 Å². The van der Waals surface area contributed by atoms with Crippen LogP contribution in [0.2, 0.25) is 0 Å². The molecule has 208 valence electrons. The average molecular weight is 556 g/mol. The number of amides is 2. The molecule has 3 aromatic carbocycles. The van der Waals surface area contributed by atoms with Crippen molar-refractivity contribution in [3.05, 3.63) is 89.7 Å². The minimum absolute atomic E-state index is 0.00231. The van der Waals surface area contributed by atoms with E-state index < -0.39 is 40.2 Å². The standard InChI is InChI=1S/C29H34FN3O5S/c1-20(2)31-29(35)22(4)32(18-23-12-14-24(30)15-13-23)28(34)19-33(26-8-6-7-9-27(26)38-5)39(36,37)25-16-10-21(3)11-17-25/h6-17,20,22H,18-19H2,1-5H3,(H,31,35). The van der Waals surface area contributed by atoms with Gasteiger partial charge in [-0.25, -0.2) is 12.8 Å². The predicted molar refractivity (Wildman–Crippen MR) is 148 cm³/mol. The second-order valence-electron chi connectivity index (χ2n) is 9.48. The number of hydrogen-bond donors (Lipinski definition) is 1. The first kappa shape index (κ1) is 29.6. The first-order valence-corrected chi connectivity index (χ1v) is 13.9. The molecule has 0 radical (unpaired) electrons. The van der Waals surface area contributed by atoms with E-state index in [1.807, 2.05) is 6.92 Å². The van der Waals surface area contributed by atoms with Gasteiger partial charge in [0.15, 0.2) is 0 Å². The highest BCUT2D eigenvalue weighted by Crippen LogP contribution is 2.32. The lowest BCUT2D eigenvalue weighted by molar-refractivity contribution is -0.139. The van der Waals surface area contributed by atoms with Gasteiger partial charge in [-0.2, -0.15) is 0 Å². The predicted octanol–water partition coefficient (Wildman–Crippen LogP) is 4.28. The lowest BCUT2D eigenvalue weighted by Gasteiger charge is -2.32. The first-order valence-electron chi connectivity index (χ1n) is 12.5. The molecule has 2 amide bonds. The molecule has 10 heteroatoms. The van der Waals surface area contributed by atoms with Gasteiger partial charge in [0.1, 0.15) is 24.2 Å². The zero-order valence-corrected chi connectivity index (χ0v) is 23.5. The Morgan fingerprint density at radius 1 is 0.949 bits per heavy atom. The van der Waals surface area contributed by atoms with Gasteiger partial charge in [-0.3, -0.25) is 13.9 Å². The maximum absolute atomic E-state index is 13.9. The van der Waals surface area contributed by atoms with Crippen LogP contribution in [0.1, 0.15) is 31.9 Å². The van der Waals surface area contributed by atoms with E-state index in [0.29, 0.717) is 5.56 Å². The fourth-order valence-electron chi connectivity index (χ4n) is 3.96. The molecule has 0 bridgehead atoms. The smallest absolute Gasteiger partial charge is 0.264 e. The van der Waals surface area contributed by atoms with E-state index in [4.69, 9.17) is 4.74 Å². The Balaban J connectivity index is 2.06. The Kier molecular flexibility index (Phi) is 9.69. The summed E-state index contributed by atoms with van der Waals surface area (Å²) in [4.78, 5) is 28.1. The molecule has 0 aliphatic heterocycles. The monoisotopic (exact) mass is 555 g/mol.